The first-order valence-electron chi connectivity index (χ1n) is 5.27. The van der Waals surface area contributed by atoms with E-state index in [0.29, 0.717) is 23.6 Å². The van der Waals surface area contributed by atoms with Crippen LogP contribution in [-0.4, -0.2) is 23.8 Å². The molecular formula is C12H12ClNO3. The van der Waals surface area contributed by atoms with E-state index >= 15 is 0 Å². The summed E-state index contributed by atoms with van der Waals surface area (Å²) < 4.78 is 5.17. The number of hydrogen-bond acceptors (Lipinski definition) is 3. The summed E-state index contributed by atoms with van der Waals surface area (Å²) in [5.41, 5.74) is 0.739. The van der Waals surface area contributed by atoms with Crippen LogP contribution in [0.3, 0.4) is 0 Å². The van der Waals surface area contributed by atoms with Gasteiger partial charge in [-0.05, 0) is 18.2 Å². The number of amides is 2. The highest BCUT2D eigenvalue weighted by Crippen LogP contribution is 2.26. The number of hydrogen-bond donors (Lipinski definition) is 0. The molecule has 1 aliphatic rings. The molecule has 0 saturated carbocycles. The van der Waals surface area contributed by atoms with Gasteiger partial charge in [0, 0.05) is 23.4 Å². The zero-order valence-electron chi connectivity index (χ0n) is 9.40. The van der Waals surface area contributed by atoms with E-state index in [0.717, 1.165) is 5.56 Å². The van der Waals surface area contributed by atoms with Gasteiger partial charge in [0.05, 0.1) is 13.7 Å². The number of halogens is 1. The molecule has 1 aromatic rings. The number of carbonyl (C=O) groups is 2. The molecule has 2 amide bonds. The highest BCUT2D eigenvalue weighted by molar-refractivity contribution is 6.30. The van der Waals surface area contributed by atoms with Crippen molar-refractivity contribution in [2.75, 3.05) is 7.11 Å². The van der Waals surface area contributed by atoms with Crippen molar-refractivity contribution in [1.29, 1.82) is 0 Å². The van der Waals surface area contributed by atoms with E-state index in [1.54, 1.807) is 25.3 Å². The molecule has 90 valence electrons. The van der Waals surface area contributed by atoms with Gasteiger partial charge in [-0.25, -0.2) is 0 Å². The van der Waals surface area contributed by atoms with Gasteiger partial charge in [0.25, 0.3) is 0 Å². The van der Waals surface area contributed by atoms with Crippen molar-refractivity contribution in [3.05, 3.63) is 28.8 Å². The predicted octanol–water partition coefficient (Wildman–Crippen LogP) is 2.00. The number of likely N-dealkylation sites (tertiary alicyclic amines) is 1. The molecule has 0 aliphatic carbocycles. The van der Waals surface area contributed by atoms with Gasteiger partial charge in [-0.3, -0.25) is 14.5 Å². The normalized spacial score (nSPS) is 15.5. The molecule has 0 N–H and O–H groups in total. The van der Waals surface area contributed by atoms with Crippen LogP contribution >= 0.6 is 11.6 Å². The largest absolute Gasteiger partial charge is 0.496 e. The molecule has 0 bridgehead atoms. The minimum atomic E-state index is -0.142. The van der Waals surface area contributed by atoms with E-state index in [4.69, 9.17) is 16.3 Å². The van der Waals surface area contributed by atoms with Crippen LogP contribution in [0.15, 0.2) is 18.2 Å². The third kappa shape index (κ3) is 2.42. The number of methoxy groups -OCH3 is 1. The quantitative estimate of drug-likeness (QED) is 0.774. The summed E-state index contributed by atoms with van der Waals surface area (Å²) in [6.45, 7) is 0.224. The average Bonchev–Trinajstić information content (AvgIpc) is 2.61. The van der Waals surface area contributed by atoms with Crippen LogP contribution in [0.2, 0.25) is 5.02 Å². The van der Waals surface area contributed by atoms with Crippen molar-refractivity contribution in [2.24, 2.45) is 0 Å². The standard InChI is InChI=1S/C12H12ClNO3/c1-17-10-3-2-9(13)6-8(10)7-14-11(15)4-5-12(14)16/h2-3,6H,4-5,7H2,1H3. The Labute approximate surface area is 104 Å². The molecule has 5 heteroatoms. The van der Waals surface area contributed by atoms with Crippen molar-refractivity contribution in [1.82, 2.24) is 4.90 Å². The van der Waals surface area contributed by atoms with Gasteiger partial charge < -0.3 is 4.74 Å². The van der Waals surface area contributed by atoms with Gasteiger partial charge in [-0.1, -0.05) is 11.6 Å². The smallest absolute Gasteiger partial charge is 0.230 e. The lowest BCUT2D eigenvalue weighted by Crippen LogP contribution is -2.28. The van der Waals surface area contributed by atoms with Gasteiger partial charge in [-0.15, -0.1) is 0 Å². The predicted molar refractivity (Wildman–Crippen MR) is 62.8 cm³/mol. The molecule has 0 radical (unpaired) electrons. The zero-order valence-corrected chi connectivity index (χ0v) is 10.2. The van der Waals surface area contributed by atoms with Gasteiger partial charge in [-0.2, -0.15) is 0 Å². The average molecular weight is 254 g/mol. The van der Waals surface area contributed by atoms with Gasteiger partial charge in [0.2, 0.25) is 11.8 Å². The van der Waals surface area contributed by atoms with Crippen molar-refractivity contribution < 1.29 is 14.3 Å². The molecule has 1 fully saturated rings. The summed E-state index contributed by atoms with van der Waals surface area (Å²) in [6.07, 6.45) is 0.587. The van der Waals surface area contributed by atoms with Crippen molar-refractivity contribution in [3.63, 3.8) is 0 Å². The lowest BCUT2D eigenvalue weighted by molar-refractivity contribution is -0.139. The van der Waals surface area contributed by atoms with Crippen molar-refractivity contribution in [3.8, 4) is 5.75 Å². The van der Waals surface area contributed by atoms with Crippen molar-refractivity contribution >= 4 is 23.4 Å². The summed E-state index contributed by atoms with van der Waals surface area (Å²) in [5.74, 6) is 0.343. The lowest BCUT2D eigenvalue weighted by Gasteiger charge is -2.16. The summed E-state index contributed by atoms with van der Waals surface area (Å²) >= 11 is 5.89. The molecule has 0 spiro atoms. The van der Waals surface area contributed by atoms with E-state index in [1.165, 1.54) is 4.90 Å². The minimum absolute atomic E-state index is 0.142. The molecular weight excluding hydrogens is 242 g/mol. The first kappa shape index (κ1) is 11.9. The van der Waals surface area contributed by atoms with E-state index < -0.39 is 0 Å². The summed E-state index contributed by atoms with van der Waals surface area (Å²) in [4.78, 5) is 24.3. The molecule has 0 unspecified atom stereocenters. The monoisotopic (exact) mass is 253 g/mol. The summed E-state index contributed by atoms with van der Waals surface area (Å²) in [5, 5.41) is 0.555. The fourth-order valence-electron chi connectivity index (χ4n) is 1.84. The zero-order chi connectivity index (χ0) is 12.4. The Morgan fingerprint density at radius 1 is 1.29 bits per heavy atom. The number of carbonyl (C=O) groups excluding carboxylic acids is 2. The topological polar surface area (TPSA) is 46.6 Å². The van der Waals surface area contributed by atoms with Crippen molar-refractivity contribution in [2.45, 2.75) is 19.4 Å². The maximum absolute atomic E-state index is 11.5. The van der Waals surface area contributed by atoms with Crippen LogP contribution in [0.5, 0.6) is 5.75 Å². The van der Waals surface area contributed by atoms with Crippen LogP contribution in [0.25, 0.3) is 0 Å². The number of imide groups is 1. The molecule has 2 rings (SSSR count). The Hall–Kier alpha value is -1.55. The van der Waals surface area contributed by atoms with Gasteiger partial charge in [0.1, 0.15) is 5.75 Å². The summed E-state index contributed by atoms with van der Waals surface area (Å²) in [7, 11) is 1.54. The number of benzene rings is 1. The fourth-order valence-corrected chi connectivity index (χ4v) is 2.03. The molecule has 1 heterocycles. The van der Waals surface area contributed by atoms with Gasteiger partial charge >= 0.3 is 0 Å². The van der Waals surface area contributed by atoms with Crippen LogP contribution in [-0.2, 0) is 16.1 Å². The Morgan fingerprint density at radius 3 is 2.53 bits per heavy atom. The Bertz CT molecular complexity index is 457. The fraction of sp³-hybridized carbons (Fsp3) is 0.333. The molecule has 1 saturated heterocycles. The SMILES string of the molecule is COc1ccc(Cl)cc1CN1C(=O)CCC1=O. The van der Waals surface area contributed by atoms with Crippen LogP contribution in [0.1, 0.15) is 18.4 Å². The molecule has 4 nitrogen and oxygen atoms in total. The Balaban J connectivity index is 2.25. The molecule has 17 heavy (non-hydrogen) atoms. The number of rotatable bonds is 3. The third-order valence-electron chi connectivity index (χ3n) is 2.73. The second-order valence-corrected chi connectivity index (χ2v) is 4.27. The maximum atomic E-state index is 11.5. The number of ether oxygens (including phenoxy) is 1. The van der Waals surface area contributed by atoms with E-state index in [9.17, 15) is 9.59 Å². The lowest BCUT2D eigenvalue weighted by atomic mass is 10.2. The second-order valence-electron chi connectivity index (χ2n) is 3.83. The summed E-state index contributed by atoms with van der Waals surface area (Å²) in [6, 6.07) is 5.14. The van der Waals surface area contributed by atoms with E-state index in [1.807, 2.05) is 0 Å². The van der Waals surface area contributed by atoms with Crippen LogP contribution < -0.4 is 4.74 Å². The Kier molecular flexibility index (Phi) is 3.33. The molecule has 1 aliphatic heterocycles. The molecule has 0 atom stereocenters. The Morgan fingerprint density at radius 2 is 1.94 bits per heavy atom. The molecule has 0 aromatic heterocycles. The first-order chi connectivity index (χ1) is 8.11. The number of nitrogens with zero attached hydrogens (tertiary/aromatic N) is 1. The highest BCUT2D eigenvalue weighted by Gasteiger charge is 2.29. The van der Waals surface area contributed by atoms with Crippen LogP contribution in [0.4, 0.5) is 0 Å². The van der Waals surface area contributed by atoms with E-state index in [-0.39, 0.29) is 18.4 Å². The first-order valence-corrected chi connectivity index (χ1v) is 5.65. The highest BCUT2D eigenvalue weighted by atomic mass is 35.5. The molecule has 1 aromatic carbocycles. The minimum Gasteiger partial charge on any atom is -0.496 e. The second kappa shape index (κ2) is 4.75. The third-order valence-corrected chi connectivity index (χ3v) is 2.96. The van der Waals surface area contributed by atoms with E-state index in [2.05, 4.69) is 0 Å². The van der Waals surface area contributed by atoms with Crippen LogP contribution in [0, 0.1) is 0 Å². The maximum Gasteiger partial charge on any atom is 0.230 e. The van der Waals surface area contributed by atoms with Gasteiger partial charge in [0.15, 0.2) is 0 Å².